The maximum absolute atomic E-state index is 13.7. The first-order valence-corrected chi connectivity index (χ1v) is 13.6. The van der Waals surface area contributed by atoms with Crippen LogP contribution in [-0.2, 0) is 28.4 Å². The van der Waals surface area contributed by atoms with Gasteiger partial charge < -0.3 is 9.47 Å². The molecule has 2 fully saturated rings. The van der Waals surface area contributed by atoms with Crippen LogP contribution in [0.2, 0.25) is 0 Å². The van der Waals surface area contributed by atoms with Crippen molar-refractivity contribution in [2.24, 2.45) is 0 Å². The van der Waals surface area contributed by atoms with Crippen molar-refractivity contribution in [1.29, 1.82) is 0 Å². The Morgan fingerprint density at radius 2 is 1.55 bits per heavy atom. The van der Waals surface area contributed by atoms with Gasteiger partial charge in [0.1, 0.15) is 5.60 Å². The molecular weight excluding hydrogens is 566 g/mol. The molecule has 2 aromatic rings. The van der Waals surface area contributed by atoms with Crippen molar-refractivity contribution in [3.63, 3.8) is 0 Å². The lowest BCUT2D eigenvalue weighted by Crippen LogP contribution is -2.53. The van der Waals surface area contributed by atoms with Crippen molar-refractivity contribution < 1.29 is 45.4 Å². The summed E-state index contributed by atoms with van der Waals surface area (Å²) in [5, 5.41) is 0. The molecule has 12 heteroatoms. The number of methoxy groups -OCH3 is 1. The molecule has 0 N–H and O–H groups in total. The topological polar surface area (TPSA) is 59.1 Å². The Bertz CT molecular complexity index is 1280. The van der Waals surface area contributed by atoms with Crippen LogP contribution in [0.5, 0.6) is 0 Å². The Morgan fingerprint density at radius 1 is 0.976 bits per heavy atom. The third-order valence-corrected chi connectivity index (χ3v) is 7.91. The number of hydrogen-bond donors (Lipinski definition) is 0. The van der Waals surface area contributed by atoms with Crippen LogP contribution in [0, 0.1) is 0 Å². The van der Waals surface area contributed by atoms with E-state index >= 15 is 0 Å². The summed E-state index contributed by atoms with van der Waals surface area (Å²) in [6.45, 7) is 6.44. The number of carbonyl (C=O) groups excluding carboxylic acids is 2. The Morgan fingerprint density at radius 3 is 2.02 bits per heavy atom. The van der Waals surface area contributed by atoms with E-state index in [1.54, 1.807) is 25.7 Å². The van der Waals surface area contributed by atoms with E-state index in [-0.39, 0.29) is 24.0 Å². The highest BCUT2D eigenvalue weighted by molar-refractivity contribution is 5.74. The van der Waals surface area contributed by atoms with Gasteiger partial charge in [-0.2, -0.15) is 26.3 Å². The van der Waals surface area contributed by atoms with Gasteiger partial charge in [0.05, 0.1) is 29.8 Å². The third kappa shape index (κ3) is 6.17. The lowest BCUT2D eigenvalue weighted by molar-refractivity contribution is -0.143. The monoisotopic (exact) mass is 600 g/mol. The lowest BCUT2D eigenvalue weighted by Gasteiger charge is -2.37. The van der Waals surface area contributed by atoms with Crippen molar-refractivity contribution in [1.82, 2.24) is 9.80 Å². The summed E-state index contributed by atoms with van der Waals surface area (Å²) in [6, 6.07) is 9.34. The Balaban J connectivity index is 1.83. The number of halogens is 6. The van der Waals surface area contributed by atoms with Gasteiger partial charge in [0, 0.05) is 18.5 Å². The van der Waals surface area contributed by atoms with Crippen molar-refractivity contribution in [3.05, 3.63) is 70.8 Å². The molecule has 0 aromatic heterocycles. The molecule has 1 saturated carbocycles. The highest BCUT2D eigenvalue weighted by Gasteiger charge is 2.71. The predicted molar refractivity (Wildman–Crippen MR) is 141 cm³/mol. The second-order valence-electron chi connectivity index (χ2n) is 11.8. The number of benzene rings is 2. The van der Waals surface area contributed by atoms with Gasteiger partial charge in [-0.25, -0.2) is 9.59 Å². The second kappa shape index (κ2) is 11.0. The van der Waals surface area contributed by atoms with E-state index < -0.39 is 65.4 Å². The first kappa shape index (κ1) is 31.5. The average Bonchev–Trinajstić information content (AvgIpc) is 3.53. The highest BCUT2D eigenvalue weighted by Crippen LogP contribution is 2.64. The normalized spacial score (nSPS) is 24.1. The summed E-state index contributed by atoms with van der Waals surface area (Å²) >= 11 is 0. The summed E-state index contributed by atoms with van der Waals surface area (Å²) < 4.78 is 92.4. The molecule has 0 bridgehead atoms. The SMILES string of the molecule is CC[C@@H]1C[C@H](N(Cc2cc(C(F)(F)F)cc(C(F)(F)F)c2)C(=O)OC)C2(CC2c2ccccc2)N1C(=O)OC(C)(C)C. The zero-order valence-corrected chi connectivity index (χ0v) is 24.0. The van der Waals surface area contributed by atoms with Gasteiger partial charge >= 0.3 is 24.5 Å². The van der Waals surface area contributed by atoms with Crippen LogP contribution in [0.15, 0.2) is 48.5 Å². The van der Waals surface area contributed by atoms with Gasteiger partial charge in [0.2, 0.25) is 0 Å². The van der Waals surface area contributed by atoms with Crippen molar-refractivity contribution in [2.75, 3.05) is 7.11 Å². The van der Waals surface area contributed by atoms with Crippen LogP contribution in [0.1, 0.15) is 75.1 Å². The minimum Gasteiger partial charge on any atom is -0.453 e. The minimum absolute atomic E-state index is 0.0483. The Hall–Kier alpha value is -3.44. The maximum Gasteiger partial charge on any atom is 0.416 e. The average molecular weight is 601 g/mol. The summed E-state index contributed by atoms with van der Waals surface area (Å²) in [5.74, 6) is -0.257. The van der Waals surface area contributed by atoms with Gasteiger partial charge in [0.15, 0.2) is 0 Å². The summed E-state index contributed by atoms with van der Waals surface area (Å²) in [4.78, 5) is 29.7. The summed E-state index contributed by atoms with van der Waals surface area (Å²) in [6.07, 6.45) is -10.5. The number of likely N-dealkylation sites (tertiary alicyclic amines) is 1. The highest BCUT2D eigenvalue weighted by atomic mass is 19.4. The number of rotatable bonds is 5. The van der Waals surface area contributed by atoms with Crippen LogP contribution in [0.3, 0.4) is 0 Å². The van der Waals surface area contributed by atoms with Gasteiger partial charge in [-0.1, -0.05) is 37.3 Å². The number of alkyl halides is 6. The fourth-order valence-corrected chi connectivity index (χ4v) is 6.17. The Labute approximate surface area is 240 Å². The number of ether oxygens (including phenoxy) is 2. The first-order chi connectivity index (χ1) is 19.4. The van der Waals surface area contributed by atoms with Crippen molar-refractivity contribution in [2.45, 2.75) is 95.0 Å². The molecule has 2 aliphatic rings. The van der Waals surface area contributed by atoms with E-state index in [1.165, 1.54) is 0 Å². The third-order valence-electron chi connectivity index (χ3n) is 7.91. The molecule has 2 unspecified atom stereocenters. The molecular formula is C30H34F6N2O4. The van der Waals surface area contributed by atoms with Gasteiger partial charge in [-0.15, -0.1) is 0 Å². The summed E-state index contributed by atoms with van der Waals surface area (Å²) in [5.41, 5.74) is -4.27. The smallest absolute Gasteiger partial charge is 0.416 e. The van der Waals surface area contributed by atoms with Gasteiger partial charge in [-0.05, 0) is 69.4 Å². The van der Waals surface area contributed by atoms with E-state index in [0.717, 1.165) is 17.6 Å². The van der Waals surface area contributed by atoms with Crippen LogP contribution in [0.25, 0.3) is 0 Å². The molecule has 4 rings (SSSR count). The Kier molecular flexibility index (Phi) is 8.25. The van der Waals surface area contributed by atoms with E-state index in [1.807, 2.05) is 37.3 Å². The molecule has 6 nitrogen and oxygen atoms in total. The van der Waals surface area contributed by atoms with Gasteiger partial charge in [-0.3, -0.25) is 9.80 Å². The number of amides is 2. The second-order valence-corrected chi connectivity index (χ2v) is 11.8. The van der Waals surface area contributed by atoms with E-state index in [4.69, 9.17) is 9.47 Å². The van der Waals surface area contributed by atoms with Crippen LogP contribution < -0.4 is 0 Å². The first-order valence-electron chi connectivity index (χ1n) is 13.6. The zero-order chi connectivity index (χ0) is 31.3. The molecule has 1 aliphatic heterocycles. The van der Waals surface area contributed by atoms with Crippen molar-refractivity contribution >= 4 is 12.2 Å². The fourth-order valence-electron chi connectivity index (χ4n) is 6.17. The van der Waals surface area contributed by atoms with Gasteiger partial charge in [0.25, 0.3) is 0 Å². The molecule has 1 spiro atoms. The molecule has 42 heavy (non-hydrogen) atoms. The molecule has 1 aliphatic carbocycles. The molecule has 0 radical (unpaired) electrons. The molecule has 230 valence electrons. The standard InChI is InChI=1S/C30H34F6N2O4/c1-6-22-15-24(28(38(22)26(40)42-27(2,3)4)16-23(28)19-10-8-7-9-11-19)37(25(39)41-5)17-18-12-20(29(31,32)33)14-21(13-18)30(34,35)36/h7-14,22-24H,6,15-17H2,1-5H3/t22-,23?,24+,28?/m1/s1. The van der Waals surface area contributed by atoms with E-state index in [0.29, 0.717) is 25.0 Å². The van der Waals surface area contributed by atoms with Crippen LogP contribution >= 0.6 is 0 Å². The molecule has 1 saturated heterocycles. The fraction of sp³-hybridized carbons (Fsp3) is 0.533. The number of nitrogens with zero attached hydrogens (tertiary/aromatic N) is 2. The van der Waals surface area contributed by atoms with Crippen LogP contribution in [-0.4, -0.2) is 52.3 Å². The minimum atomic E-state index is -5.05. The van der Waals surface area contributed by atoms with E-state index in [2.05, 4.69) is 0 Å². The quantitative estimate of drug-likeness (QED) is 0.327. The number of carbonyl (C=O) groups is 2. The molecule has 4 atom stereocenters. The molecule has 2 aromatic carbocycles. The largest absolute Gasteiger partial charge is 0.453 e. The van der Waals surface area contributed by atoms with Crippen molar-refractivity contribution in [3.8, 4) is 0 Å². The van der Waals surface area contributed by atoms with E-state index in [9.17, 15) is 35.9 Å². The maximum atomic E-state index is 13.7. The molecule has 1 heterocycles. The lowest BCUT2D eigenvalue weighted by atomic mass is 9.97. The zero-order valence-electron chi connectivity index (χ0n) is 24.0. The number of hydrogen-bond acceptors (Lipinski definition) is 4. The van der Waals surface area contributed by atoms with Crippen LogP contribution in [0.4, 0.5) is 35.9 Å². The summed E-state index contributed by atoms with van der Waals surface area (Å²) in [7, 11) is 1.09. The molecule has 2 amide bonds. The predicted octanol–water partition coefficient (Wildman–Crippen LogP) is 8.01.